The number of benzene rings is 2. The van der Waals surface area contributed by atoms with Gasteiger partial charge in [0.15, 0.2) is 5.78 Å². The van der Waals surface area contributed by atoms with Gasteiger partial charge in [-0.15, -0.1) is 0 Å². The van der Waals surface area contributed by atoms with E-state index in [0.29, 0.717) is 17.3 Å². The van der Waals surface area contributed by atoms with Crippen LogP contribution >= 0.6 is 0 Å². The molecule has 0 spiro atoms. The van der Waals surface area contributed by atoms with Crippen LogP contribution < -0.4 is 11.3 Å². The highest BCUT2D eigenvalue weighted by Crippen LogP contribution is 2.29. The lowest BCUT2D eigenvalue weighted by Gasteiger charge is -2.24. The number of nitrogens with zero attached hydrogens (tertiary/aromatic N) is 1. The van der Waals surface area contributed by atoms with Crippen LogP contribution in [0.2, 0.25) is 0 Å². The summed E-state index contributed by atoms with van der Waals surface area (Å²) in [6.45, 7) is 3.40. The minimum absolute atomic E-state index is 0.0246. The van der Waals surface area contributed by atoms with Gasteiger partial charge in [0.25, 0.3) is 5.56 Å². The van der Waals surface area contributed by atoms with Crippen LogP contribution in [0.3, 0.4) is 0 Å². The molecule has 0 aliphatic heterocycles. The third-order valence-electron chi connectivity index (χ3n) is 6.91. The molecule has 0 unspecified atom stereocenters. The molecule has 9 heteroatoms. The Morgan fingerprint density at radius 3 is 2.26 bits per heavy atom. The van der Waals surface area contributed by atoms with E-state index in [0.717, 1.165) is 48.4 Å². The molecule has 7 nitrogen and oxygen atoms in total. The molecule has 2 N–H and O–H groups in total. The topological polar surface area (TPSA) is 108 Å². The van der Waals surface area contributed by atoms with Crippen LogP contribution in [0.25, 0.3) is 5.69 Å². The van der Waals surface area contributed by atoms with Gasteiger partial charge in [-0.1, -0.05) is 12.1 Å². The first-order chi connectivity index (χ1) is 18.5. The molecule has 1 aliphatic carbocycles. The van der Waals surface area contributed by atoms with Crippen LogP contribution in [0.4, 0.5) is 14.6 Å². The highest BCUT2D eigenvalue weighted by molar-refractivity contribution is 6.11. The lowest BCUT2D eigenvalue weighted by molar-refractivity contribution is -0.160. The van der Waals surface area contributed by atoms with E-state index in [4.69, 9.17) is 10.5 Å². The number of pyridine rings is 1. The quantitative estimate of drug-likeness (QED) is 0.307. The number of nitrogen functional groups attached to an aromatic ring is 1. The van der Waals surface area contributed by atoms with Crippen molar-refractivity contribution in [3.05, 3.63) is 93.3 Å². The summed E-state index contributed by atoms with van der Waals surface area (Å²) in [5.41, 5.74) is 5.19. The number of ether oxygens (including phenoxy) is 1. The van der Waals surface area contributed by atoms with E-state index in [1.807, 2.05) is 0 Å². The fourth-order valence-electron chi connectivity index (χ4n) is 4.77. The van der Waals surface area contributed by atoms with Crippen molar-refractivity contribution in [1.29, 1.82) is 0 Å². The number of carbonyl (C=O) groups excluding carboxylic acids is 3. The number of nitrogens with two attached hydrogens (primary N) is 1. The Hall–Kier alpha value is -4.14. The van der Waals surface area contributed by atoms with Crippen LogP contribution in [0.5, 0.6) is 0 Å². The Kier molecular flexibility index (Phi) is 8.09. The van der Waals surface area contributed by atoms with Crippen molar-refractivity contribution in [3.63, 3.8) is 0 Å². The van der Waals surface area contributed by atoms with Gasteiger partial charge in [-0.3, -0.25) is 23.7 Å². The predicted molar refractivity (Wildman–Crippen MR) is 142 cm³/mol. The van der Waals surface area contributed by atoms with Crippen molar-refractivity contribution >= 4 is 23.4 Å². The maximum Gasteiger partial charge on any atom is 0.312 e. The standard InChI is InChI=1S/C30H30F2N2O5/c1-30(2,29(38)39-22-5-3-4-6-22)17-21(35)15-18-7-10-20(11-8-18)34-26(36)14-13-24(28(34)33)27(37)23-12-9-19(31)16-25(23)32/h7-14,16,22H,3-6,15,17,33H2,1-2H3. The van der Waals surface area contributed by atoms with Crippen molar-refractivity contribution in [2.24, 2.45) is 5.41 Å². The number of halogens is 2. The van der Waals surface area contributed by atoms with Gasteiger partial charge in [0.2, 0.25) is 0 Å². The van der Waals surface area contributed by atoms with E-state index in [2.05, 4.69) is 0 Å². The van der Waals surface area contributed by atoms with Crippen LogP contribution in [-0.2, 0) is 20.7 Å². The zero-order valence-electron chi connectivity index (χ0n) is 21.8. The molecule has 3 aromatic rings. The average molecular weight is 537 g/mol. The van der Waals surface area contributed by atoms with Crippen LogP contribution in [0, 0.1) is 17.0 Å². The Morgan fingerprint density at radius 2 is 1.62 bits per heavy atom. The molecule has 0 saturated heterocycles. The zero-order chi connectivity index (χ0) is 28.3. The van der Waals surface area contributed by atoms with E-state index in [1.54, 1.807) is 38.1 Å². The highest BCUT2D eigenvalue weighted by atomic mass is 19.1. The molecule has 1 fully saturated rings. The Labute approximate surface area is 224 Å². The van der Waals surface area contributed by atoms with E-state index >= 15 is 0 Å². The fraction of sp³-hybridized carbons (Fsp3) is 0.333. The second kappa shape index (κ2) is 11.3. The van der Waals surface area contributed by atoms with E-state index < -0.39 is 28.4 Å². The molecule has 1 aliphatic rings. The summed E-state index contributed by atoms with van der Waals surface area (Å²) in [6, 6.07) is 11.4. The summed E-state index contributed by atoms with van der Waals surface area (Å²) < 4.78 is 34.1. The third-order valence-corrected chi connectivity index (χ3v) is 6.91. The first kappa shape index (κ1) is 27.9. The maximum atomic E-state index is 14.2. The van der Waals surface area contributed by atoms with E-state index in [9.17, 15) is 28.0 Å². The van der Waals surface area contributed by atoms with Crippen molar-refractivity contribution in [2.75, 3.05) is 5.73 Å². The molecule has 1 saturated carbocycles. The molecule has 204 valence electrons. The minimum Gasteiger partial charge on any atom is -0.462 e. The summed E-state index contributed by atoms with van der Waals surface area (Å²) in [4.78, 5) is 50.9. The second-order valence-electron chi connectivity index (χ2n) is 10.5. The predicted octanol–water partition coefficient (Wildman–Crippen LogP) is 4.94. The maximum absolute atomic E-state index is 14.2. The molecular weight excluding hydrogens is 506 g/mol. The number of carbonyl (C=O) groups is 3. The number of ketones is 2. The lowest BCUT2D eigenvalue weighted by atomic mass is 9.86. The number of anilines is 1. The van der Waals surface area contributed by atoms with Gasteiger partial charge in [-0.2, -0.15) is 0 Å². The number of rotatable bonds is 9. The van der Waals surface area contributed by atoms with Gasteiger partial charge >= 0.3 is 5.97 Å². The summed E-state index contributed by atoms with van der Waals surface area (Å²) in [7, 11) is 0. The molecule has 4 rings (SSSR count). The van der Waals surface area contributed by atoms with Gasteiger partial charge in [0.05, 0.1) is 22.2 Å². The summed E-state index contributed by atoms with van der Waals surface area (Å²) in [6.07, 6.45) is 3.83. The second-order valence-corrected chi connectivity index (χ2v) is 10.5. The summed E-state index contributed by atoms with van der Waals surface area (Å²) in [5, 5.41) is 0. The Bertz CT molecular complexity index is 1470. The molecule has 0 bridgehead atoms. The number of hydrogen-bond donors (Lipinski definition) is 1. The Balaban J connectivity index is 1.48. The molecule has 1 aromatic heterocycles. The summed E-state index contributed by atoms with van der Waals surface area (Å²) in [5.74, 6) is -3.38. The SMILES string of the molecule is CC(C)(CC(=O)Cc1ccc(-n2c(N)c(C(=O)c3ccc(F)cc3F)ccc2=O)cc1)C(=O)OC1CCCC1. The van der Waals surface area contributed by atoms with Gasteiger partial charge in [0, 0.05) is 25.0 Å². The lowest BCUT2D eigenvalue weighted by Crippen LogP contribution is -2.32. The number of hydrogen-bond acceptors (Lipinski definition) is 6. The van der Waals surface area contributed by atoms with Gasteiger partial charge in [-0.05, 0) is 75.4 Å². The number of Topliss-reactive ketones (excluding diaryl/α,β-unsaturated/α-hetero) is 1. The molecular formula is C30H30F2N2O5. The van der Waals surface area contributed by atoms with E-state index in [-0.39, 0.29) is 47.6 Å². The third kappa shape index (κ3) is 6.30. The largest absolute Gasteiger partial charge is 0.462 e. The average Bonchev–Trinajstić information content (AvgIpc) is 3.37. The molecule has 1 heterocycles. The molecule has 39 heavy (non-hydrogen) atoms. The molecule has 0 atom stereocenters. The monoisotopic (exact) mass is 536 g/mol. The van der Waals surface area contributed by atoms with Crippen molar-refractivity contribution < 1.29 is 27.9 Å². The minimum atomic E-state index is -1.04. The highest BCUT2D eigenvalue weighted by Gasteiger charge is 2.34. The van der Waals surface area contributed by atoms with Gasteiger partial charge in [0.1, 0.15) is 29.3 Å². The normalized spacial score (nSPS) is 13.8. The summed E-state index contributed by atoms with van der Waals surface area (Å²) >= 11 is 0. The van der Waals surface area contributed by atoms with Crippen molar-refractivity contribution in [2.45, 2.75) is 58.5 Å². The van der Waals surface area contributed by atoms with Crippen LogP contribution in [0.15, 0.2) is 59.4 Å². The van der Waals surface area contributed by atoms with Crippen LogP contribution in [-0.4, -0.2) is 28.2 Å². The smallest absolute Gasteiger partial charge is 0.312 e. The first-order valence-corrected chi connectivity index (χ1v) is 12.8. The van der Waals surface area contributed by atoms with Crippen molar-refractivity contribution in [3.8, 4) is 5.69 Å². The zero-order valence-corrected chi connectivity index (χ0v) is 21.8. The number of aromatic nitrogens is 1. The van der Waals surface area contributed by atoms with E-state index in [1.165, 1.54) is 6.07 Å². The Morgan fingerprint density at radius 1 is 0.974 bits per heavy atom. The molecule has 2 aromatic carbocycles. The fourth-order valence-corrected chi connectivity index (χ4v) is 4.77. The van der Waals surface area contributed by atoms with Gasteiger partial charge in [-0.25, -0.2) is 8.78 Å². The van der Waals surface area contributed by atoms with Crippen molar-refractivity contribution in [1.82, 2.24) is 4.57 Å². The molecule has 0 radical (unpaired) electrons. The molecule has 0 amide bonds. The number of esters is 1. The van der Waals surface area contributed by atoms with Gasteiger partial charge < -0.3 is 10.5 Å². The first-order valence-electron chi connectivity index (χ1n) is 12.8. The van der Waals surface area contributed by atoms with Crippen LogP contribution in [0.1, 0.15) is 67.4 Å².